The van der Waals surface area contributed by atoms with Crippen LogP contribution in [0, 0.1) is 0 Å². The monoisotopic (exact) mass is 362 g/mol. The second-order valence-electron chi connectivity index (χ2n) is 1.94. The van der Waals surface area contributed by atoms with Crippen LogP contribution in [0.15, 0.2) is 0 Å². The summed E-state index contributed by atoms with van der Waals surface area (Å²) in [4.78, 5) is 20.0. The zero-order valence-electron chi connectivity index (χ0n) is 5.67. The van der Waals surface area contributed by atoms with Crippen LogP contribution >= 0.6 is 0 Å². The minimum atomic E-state index is -4.84. The van der Waals surface area contributed by atoms with E-state index < -0.39 is 33.7 Å². The molecule has 0 aromatic rings. The van der Waals surface area contributed by atoms with E-state index in [-0.39, 0.29) is 78.4 Å². The Labute approximate surface area is 142 Å². The standard InChI is InChI=1S/C4H6O7S.Ba.Na.3H/c5-3(6)1-2(4(7)8)12(9,10)11;;;;;/h2H,1H2,(H,5,6)(H,7,8)(H,9,10,11);;;;;. The zero-order chi connectivity index (χ0) is 9.94. The molecule has 76 valence electrons. The van der Waals surface area contributed by atoms with E-state index >= 15 is 0 Å². The van der Waals surface area contributed by atoms with E-state index in [1.54, 1.807) is 0 Å². The van der Waals surface area contributed by atoms with Crippen molar-refractivity contribution in [3.05, 3.63) is 0 Å². The van der Waals surface area contributed by atoms with Crippen molar-refractivity contribution < 1.29 is 32.8 Å². The summed E-state index contributed by atoms with van der Waals surface area (Å²) in [7, 11) is -4.84. The molecular weight excluding hydrogens is 352 g/mol. The third kappa shape index (κ3) is 8.71. The maximum absolute atomic E-state index is 10.2. The quantitative estimate of drug-likeness (QED) is 0.365. The fourth-order valence-corrected chi connectivity index (χ4v) is 1.09. The summed E-state index contributed by atoms with van der Waals surface area (Å²) < 4.78 is 28.7. The third-order valence-electron chi connectivity index (χ3n) is 0.995. The van der Waals surface area contributed by atoms with Crippen LogP contribution in [-0.4, -0.2) is 119 Å². The van der Waals surface area contributed by atoms with Crippen molar-refractivity contribution in [1.29, 1.82) is 0 Å². The Kier molecular flexibility index (Phi) is 12.7. The molecule has 0 aromatic heterocycles. The summed E-state index contributed by atoms with van der Waals surface area (Å²) in [5.74, 6) is -3.50. The number of hydrogen-bond acceptors (Lipinski definition) is 4. The summed E-state index contributed by atoms with van der Waals surface area (Å²) >= 11 is 0. The van der Waals surface area contributed by atoms with E-state index in [0.717, 1.165) is 0 Å². The number of hydrogen-bond donors (Lipinski definition) is 3. The normalized spacial score (nSPS) is 11.8. The average molecular weight is 361 g/mol. The average Bonchev–Trinajstić information content (AvgIpc) is 1.79. The summed E-state index contributed by atoms with van der Waals surface area (Å²) in [5.41, 5.74) is 0. The molecule has 0 radical (unpaired) electrons. The summed E-state index contributed by atoms with van der Waals surface area (Å²) in [6.07, 6.45) is -1.16. The fourth-order valence-electron chi connectivity index (χ4n) is 0.479. The van der Waals surface area contributed by atoms with Gasteiger partial charge in [-0.25, -0.2) is 0 Å². The van der Waals surface area contributed by atoms with Gasteiger partial charge in [0.05, 0.1) is 6.42 Å². The van der Waals surface area contributed by atoms with Crippen molar-refractivity contribution in [3.63, 3.8) is 0 Å². The van der Waals surface area contributed by atoms with Gasteiger partial charge in [0, 0.05) is 0 Å². The first kappa shape index (κ1) is 20.8. The molecule has 0 aliphatic carbocycles. The van der Waals surface area contributed by atoms with Crippen molar-refractivity contribution in [2.45, 2.75) is 11.7 Å². The number of carbonyl (C=O) groups is 2. The van der Waals surface area contributed by atoms with Gasteiger partial charge < -0.3 is 10.2 Å². The van der Waals surface area contributed by atoms with Crippen LogP contribution < -0.4 is 0 Å². The van der Waals surface area contributed by atoms with Crippen LogP contribution in [0.2, 0.25) is 0 Å². The van der Waals surface area contributed by atoms with E-state index in [2.05, 4.69) is 0 Å². The molecule has 0 saturated carbocycles. The molecule has 14 heavy (non-hydrogen) atoms. The van der Waals surface area contributed by atoms with Crippen LogP contribution in [0.5, 0.6) is 0 Å². The van der Waals surface area contributed by atoms with Gasteiger partial charge in [0.25, 0.3) is 10.1 Å². The van der Waals surface area contributed by atoms with Crippen LogP contribution in [-0.2, 0) is 19.7 Å². The van der Waals surface area contributed by atoms with Gasteiger partial charge >= 0.3 is 90.4 Å². The molecule has 1 unspecified atom stereocenters. The fraction of sp³-hybridized carbons (Fsp3) is 0.500. The summed E-state index contributed by atoms with van der Waals surface area (Å²) in [5, 5.41) is 13.9. The molecule has 0 aliphatic rings. The molecule has 0 aliphatic heterocycles. The molecule has 0 saturated heterocycles. The van der Waals surface area contributed by atoms with E-state index in [1.165, 1.54) is 0 Å². The van der Waals surface area contributed by atoms with E-state index in [0.29, 0.717) is 0 Å². The Bertz CT molecular complexity index is 299. The molecule has 0 aromatic carbocycles. The first-order valence-corrected chi connectivity index (χ1v) is 4.16. The number of carboxylic acid groups (broad SMARTS) is 2. The molecule has 0 spiro atoms. The van der Waals surface area contributed by atoms with Crippen molar-refractivity contribution in [1.82, 2.24) is 0 Å². The molecule has 7 nitrogen and oxygen atoms in total. The van der Waals surface area contributed by atoms with Gasteiger partial charge in [-0.2, -0.15) is 8.42 Å². The first-order valence-electron chi connectivity index (χ1n) is 2.66. The van der Waals surface area contributed by atoms with Gasteiger partial charge in [-0.05, 0) is 0 Å². The molecule has 0 amide bonds. The van der Waals surface area contributed by atoms with Crippen molar-refractivity contribution in [2.75, 3.05) is 0 Å². The second-order valence-corrected chi connectivity index (χ2v) is 3.54. The molecule has 0 bridgehead atoms. The van der Waals surface area contributed by atoms with Crippen LogP contribution in [0.25, 0.3) is 0 Å². The Balaban J connectivity index is -0.000000605. The molecule has 0 heterocycles. The number of aliphatic carboxylic acids is 2. The van der Waals surface area contributed by atoms with Gasteiger partial charge in [-0.15, -0.1) is 0 Å². The molecule has 10 heteroatoms. The number of rotatable bonds is 4. The van der Waals surface area contributed by atoms with Gasteiger partial charge in [0.2, 0.25) is 0 Å². The molecule has 1 atom stereocenters. The van der Waals surface area contributed by atoms with Gasteiger partial charge in [-0.1, -0.05) is 0 Å². The van der Waals surface area contributed by atoms with E-state index in [4.69, 9.17) is 14.8 Å². The van der Waals surface area contributed by atoms with Gasteiger partial charge in [0.15, 0.2) is 5.25 Å². The second kappa shape index (κ2) is 8.56. The third-order valence-corrected chi connectivity index (χ3v) is 2.08. The Hall–Kier alpha value is 1.42. The van der Waals surface area contributed by atoms with Crippen molar-refractivity contribution in [2.24, 2.45) is 0 Å². The molecular formula is C4H9BaNaO7S. The Morgan fingerprint density at radius 1 is 1.21 bits per heavy atom. The first-order chi connectivity index (χ1) is 5.25. The molecule has 3 N–H and O–H groups in total. The molecule has 0 rings (SSSR count). The predicted octanol–water partition coefficient (Wildman–Crippen LogP) is -2.76. The van der Waals surface area contributed by atoms with Crippen LogP contribution in [0.4, 0.5) is 0 Å². The van der Waals surface area contributed by atoms with Gasteiger partial charge in [0.1, 0.15) is 0 Å². The zero-order valence-corrected chi connectivity index (χ0v) is 6.48. The summed E-state index contributed by atoms with van der Waals surface area (Å²) in [6.45, 7) is 0. The van der Waals surface area contributed by atoms with Crippen molar-refractivity contribution in [3.8, 4) is 0 Å². The van der Waals surface area contributed by atoms with E-state index in [9.17, 15) is 18.0 Å². The SMILES string of the molecule is O=C(O)CC(C(=O)O)S(=O)(=O)O.[BaH2].[NaH]. The van der Waals surface area contributed by atoms with E-state index in [1.807, 2.05) is 0 Å². The van der Waals surface area contributed by atoms with Crippen molar-refractivity contribution >= 4 is 100 Å². The van der Waals surface area contributed by atoms with Gasteiger partial charge in [-0.3, -0.25) is 14.1 Å². The summed E-state index contributed by atoms with van der Waals surface area (Å²) in [6, 6.07) is 0. The topological polar surface area (TPSA) is 129 Å². The van der Waals surface area contributed by atoms with Crippen LogP contribution in [0.1, 0.15) is 6.42 Å². The Morgan fingerprint density at radius 3 is 1.64 bits per heavy atom. The molecule has 0 fully saturated rings. The van der Waals surface area contributed by atoms with Crippen LogP contribution in [0.3, 0.4) is 0 Å². The minimum absolute atomic E-state index is 0. The Morgan fingerprint density at radius 2 is 1.57 bits per heavy atom. The number of carboxylic acids is 2. The predicted molar refractivity (Wildman–Crippen MR) is 50.9 cm³/mol. The maximum atomic E-state index is 10.2.